The molecule has 1 aromatic carbocycles. The van der Waals surface area contributed by atoms with E-state index in [2.05, 4.69) is 10.4 Å². The SMILES string of the molecule is COC(=O)CNc1cc(-c2cccc(OCC(O)CN)c2)nc2c1cnn2C(C)C. The lowest BCUT2D eigenvalue weighted by Gasteiger charge is -2.13. The van der Waals surface area contributed by atoms with Gasteiger partial charge in [-0.1, -0.05) is 12.1 Å². The van der Waals surface area contributed by atoms with Gasteiger partial charge in [-0.15, -0.1) is 0 Å². The smallest absolute Gasteiger partial charge is 0.325 e. The van der Waals surface area contributed by atoms with Gasteiger partial charge in [0.2, 0.25) is 0 Å². The van der Waals surface area contributed by atoms with Crippen LogP contribution in [0.15, 0.2) is 36.5 Å². The van der Waals surface area contributed by atoms with Crippen molar-refractivity contribution in [2.75, 3.05) is 32.1 Å². The molecule has 0 saturated carbocycles. The Labute approximate surface area is 174 Å². The predicted octanol–water partition coefficient (Wildman–Crippen LogP) is 1.96. The van der Waals surface area contributed by atoms with Gasteiger partial charge in [0.05, 0.1) is 24.4 Å². The number of fused-ring (bicyclic) bond motifs is 1. The van der Waals surface area contributed by atoms with E-state index in [9.17, 15) is 9.90 Å². The Kier molecular flexibility index (Phi) is 6.86. The van der Waals surface area contributed by atoms with Gasteiger partial charge in [-0.2, -0.15) is 5.10 Å². The van der Waals surface area contributed by atoms with Crippen LogP contribution in [-0.4, -0.2) is 58.8 Å². The fraction of sp³-hybridized carbons (Fsp3) is 0.381. The summed E-state index contributed by atoms with van der Waals surface area (Å²) in [7, 11) is 1.35. The van der Waals surface area contributed by atoms with Gasteiger partial charge < -0.3 is 25.6 Å². The van der Waals surface area contributed by atoms with Gasteiger partial charge in [-0.3, -0.25) is 4.79 Å². The van der Waals surface area contributed by atoms with E-state index in [0.29, 0.717) is 17.1 Å². The summed E-state index contributed by atoms with van der Waals surface area (Å²) in [6, 6.07) is 9.40. The number of nitrogens with one attached hydrogen (secondary N) is 1. The van der Waals surface area contributed by atoms with Crippen LogP contribution < -0.4 is 15.8 Å². The molecule has 1 atom stereocenters. The van der Waals surface area contributed by atoms with E-state index in [-0.39, 0.29) is 31.7 Å². The van der Waals surface area contributed by atoms with Crippen LogP contribution in [0.4, 0.5) is 5.69 Å². The zero-order valence-electron chi connectivity index (χ0n) is 17.3. The number of aromatic nitrogens is 3. The highest BCUT2D eigenvalue weighted by Gasteiger charge is 2.15. The lowest BCUT2D eigenvalue weighted by Crippen LogP contribution is -2.26. The highest BCUT2D eigenvalue weighted by Crippen LogP contribution is 2.31. The molecule has 0 spiro atoms. The van der Waals surface area contributed by atoms with Crippen molar-refractivity contribution in [1.82, 2.24) is 14.8 Å². The number of esters is 1. The van der Waals surface area contributed by atoms with Crippen LogP contribution in [0.1, 0.15) is 19.9 Å². The zero-order valence-corrected chi connectivity index (χ0v) is 17.3. The Bertz CT molecular complexity index is 1020. The van der Waals surface area contributed by atoms with E-state index in [4.69, 9.17) is 20.2 Å². The van der Waals surface area contributed by atoms with Gasteiger partial charge in [0, 0.05) is 23.8 Å². The van der Waals surface area contributed by atoms with Crippen molar-refractivity contribution < 1.29 is 19.4 Å². The molecule has 30 heavy (non-hydrogen) atoms. The highest BCUT2D eigenvalue weighted by molar-refractivity contribution is 5.93. The second kappa shape index (κ2) is 9.55. The molecule has 0 radical (unpaired) electrons. The van der Waals surface area contributed by atoms with Crippen molar-refractivity contribution in [1.29, 1.82) is 0 Å². The number of rotatable bonds is 9. The minimum absolute atomic E-state index is 0.0298. The average molecular weight is 413 g/mol. The molecule has 2 aromatic heterocycles. The number of ether oxygens (including phenoxy) is 2. The van der Waals surface area contributed by atoms with Crippen LogP contribution in [0, 0.1) is 0 Å². The number of carbonyl (C=O) groups excluding carboxylic acids is 1. The van der Waals surface area contributed by atoms with E-state index in [1.807, 2.05) is 42.8 Å². The number of nitrogens with two attached hydrogens (primary N) is 1. The third-order valence-electron chi connectivity index (χ3n) is 4.55. The molecule has 160 valence electrons. The summed E-state index contributed by atoms with van der Waals surface area (Å²) in [6.07, 6.45) is 1.01. The maximum absolute atomic E-state index is 11.6. The molecule has 9 nitrogen and oxygen atoms in total. The monoisotopic (exact) mass is 413 g/mol. The average Bonchev–Trinajstić information content (AvgIpc) is 3.20. The molecular formula is C21H27N5O4. The van der Waals surface area contributed by atoms with Crippen molar-refractivity contribution in [3.8, 4) is 17.0 Å². The van der Waals surface area contributed by atoms with Crippen molar-refractivity contribution in [2.24, 2.45) is 5.73 Å². The lowest BCUT2D eigenvalue weighted by atomic mass is 10.1. The fourth-order valence-electron chi connectivity index (χ4n) is 2.94. The maximum Gasteiger partial charge on any atom is 0.325 e. The third-order valence-corrected chi connectivity index (χ3v) is 4.55. The highest BCUT2D eigenvalue weighted by atomic mass is 16.5. The number of carbonyl (C=O) groups is 1. The Morgan fingerprint density at radius 3 is 2.83 bits per heavy atom. The molecule has 0 aliphatic rings. The van der Waals surface area contributed by atoms with Gasteiger partial charge in [0.15, 0.2) is 5.65 Å². The van der Waals surface area contributed by atoms with Gasteiger partial charge in [-0.05, 0) is 32.0 Å². The first-order valence-electron chi connectivity index (χ1n) is 9.73. The fourth-order valence-corrected chi connectivity index (χ4v) is 2.94. The molecule has 0 saturated heterocycles. The van der Waals surface area contributed by atoms with Crippen molar-refractivity contribution in [3.63, 3.8) is 0 Å². The van der Waals surface area contributed by atoms with Crippen molar-refractivity contribution in [3.05, 3.63) is 36.5 Å². The number of nitrogens with zero attached hydrogens (tertiary/aromatic N) is 3. The normalized spacial score (nSPS) is 12.2. The first-order chi connectivity index (χ1) is 14.4. The van der Waals surface area contributed by atoms with Crippen LogP contribution in [0.25, 0.3) is 22.3 Å². The third kappa shape index (κ3) is 4.87. The summed E-state index contributed by atoms with van der Waals surface area (Å²) in [5, 5.41) is 18.0. The van der Waals surface area contributed by atoms with Crippen LogP contribution in [0.5, 0.6) is 5.75 Å². The second-order valence-electron chi connectivity index (χ2n) is 7.13. The molecule has 1 unspecified atom stereocenters. The quantitative estimate of drug-likeness (QED) is 0.455. The standard InChI is InChI=1S/C21H27N5O4/c1-13(2)26-21-17(10-24-26)19(23-11-20(28)29-3)8-18(25-21)14-5-4-6-16(7-14)30-12-15(27)9-22/h4-8,10,13,15,27H,9,11-12,22H2,1-3H3,(H,23,25). The number of aliphatic hydroxyl groups is 1. The van der Waals surface area contributed by atoms with E-state index in [1.165, 1.54) is 7.11 Å². The zero-order chi connectivity index (χ0) is 21.7. The Morgan fingerprint density at radius 2 is 2.13 bits per heavy atom. The summed E-state index contributed by atoms with van der Waals surface area (Å²) in [5.74, 6) is 0.231. The first-order valence-corrected chi connectivity index (χ1v) is 9.73. The number of methoxy groups -OCH3 is 1. The van der Waals surface area contributed by atoms with Crippen LogP contribution >= 0.6 is 0 Å². The Morgan fingerprint density at radius 1 is 1.33 bits per heavy atom. The van der Waals surface area contributed by atoms with Gasteiger partial charge >= 0.3 is 5.97 Å². The topological polar surface area (TPSA) is 125 Å². The van der Waals surface area contributed by atoms with Crippen LogP contribution in [0.3, 0.4) is 0 Å². The number of benzene rings is 1. The summed E-state index contributed by atoms with van der Waals surface area (Å²) in [4.78, 5) is 16.4. The number of hydrogen-bond acceptors (Lipinski definition) is 8. The number of pyridine rings is 1. The molecule has 0 aliphatic heterocycles. The Hall–Kier alpha value is -3.17. The minimum Gasteiger partial charge on any atom is -0.491 e. The van der Waals surface area contributed by atoms with Gasteiger partial charge in [0.25, 0.3) is 0 Å². The van der Waals surface area contributed by atoms with Gasteiger partial charge in [-0.25, -0.2) is 9.67 Å². The molecule has 0 fully saturated rings. The number of aliphatic hydroxyl groups excluding tert-OH is 1. The molecule has 0 aliphatic carbocycles. The Balaban J connectivity index is 2.00. The summed E-state index contributed by atoms with van der Waals surface area (Å²) >= 11 is 0. The van der Waals surface area contributed by atoms with E-state index >= 15 is 0 Å². The van der Waals surface area contributed by atoms with E-state index < -0.39 is 6.10 Å². The van der Waals surface area contributed by atoms with Gasteiger partial charge in [0.1, 0.15) is 25.0 Å². The predicted molar refractivity (Wildman–Crippen MR) is 114 cm³/mol. The number of hydrogen-bond donors (Lipinski definition) is 3. The summed E-state index contributed by atoms with van der Waals surface area (Å²) < 4.78 is 12.2. The molecule has 3 rings (SSSR count). The molecule has 4 N–H and O–H groups in total. The largest absolute Gasteiger partial charge is 0.491 e. The molecule has 0 bridgehead atoms. The van der Waals surface area contributed by atoms with Crippen LogP contribution in [0.2, 0.25) is 0 Å². The molecule has 3 aromatic rings. The minimum atomic E-state index is -0.724. The first kappa shape index (κ1) is 21.5. The molecule has 9 heteroatoms. The maximum atomic E-state index is 11.6. The number of anilines is 1. The lowest BCUT2D eigenvalue weighted by molar-refractivity contribution is -0.138. The van der Waals surface area contributed by atoms with E-state index in [1.54, 1.807) is 12.3 Å². The summed E-state index contributed by atoms with van der Waals surface area (Å²) in [6.45, 7) is 4.33. The molecule has 2 heterocycles. The summed E-state index contributed by atoms with van der Waals surface area (Å²) in [5.41, 5.74) is 8.39. The molecule has 0 amide bonds. The van der Waals surface area contributed by atoms with Crippen molar-refractivity contribution >= 4 is 22.7 Å². The van der Waals surface area contributed by atoms with Crippen molar-refractivity contribution in [2.45, 2.75) is 26.0 Å². The molecular weight excluding hydrogens is 386 g/mol. The van der Waals surface area contributed by atoms with Crippen LogP contribution in [-0.2, 0) is 9.53 Å². The second-order valence-corrected chi connectivity index (χ2v) is 7.13. The van der Waals surface area contributed by atoms with E-state index in [0.717, 1.165) is 16.6 Å².